The topological polar surface area (TPSA) is 96.7 Å². The zero-order valence-corrected chi connectivity index (χ0v) is 18.4. The summed E-state index contributed by atoms with van der Waals surface area (Å²) in [6, 6.07) is 4.49. The number of anilines is 1. The minimum Gasteiger partial charge on any atom is -0.386 e. The third kappa shape index (κ3) is 3.90. The van der Waals surface area contributed by atoms with E-state index in [9.17, 15) is 14.6 Å². The number of aliphatic hydroxyl groups excluding tert-OH is 1. The fourth-order valence-corrected chi connectivity index (χ4v) is 5.18. The third-order valence-electron chi connectivity index (χ3n) is 5.50. The summed E-state index contributed by atoms with van der Waals surface area (Å²) in [6.07, 6.45) is 0.388. The maximum absolute atomic E-state index is 14.8. The standard InChI is InChI=1S/C21H21ClFN3O4S/c1-21(2,28)16-6-11-13(23)3-9(4-15(11)31-16)17-12(22)7-24-20(26-17)25-14-5-10-8-29-19(30-10)18(14)27/h3-4,6-7,10,14,18-19,27-28H,5,8H2,1-2H3,(H,24,25,26)/t10-,14+,18-,19+/m0/s1. The zero-order valence-electron chi connectivity index (χ0n) is 16.8. The van der Waals surface area contributed by atoms with Gasteiger partial charge in [0.1, 0.15) is 11.9 Å². The lowest BCUT2D eigenvalue weighted by atomic mass is 10.0. The van der Waals surface area contributed by atoms with Crippen molar-refractivity contribution < 1.29 is 24.1 Å². The number of nitrogens with zero attached hydrogens (tertiary/aromatic N) is 2. The molecule has 4 atom stereocenters. The summed E-state index contributed by atoms with van der Waals surface area (Å²) < 4.78 is 26.5. The van der Waals surface area contributed by atoms with E-state index in [0.29, 0.717) is 39.2 Å². The Labute approximate surface area is 186 Å². The molecule has 0 amide bonds. The van der Waals surface area contributed by atoms with Crippen molar-refractivity contribution in [3.8, 4) is 11.3 Å². The van der Waals surface area contributed by atoms with Gasteiger partial charge in [-0.05, 0) is 38.5 Å². The lowest BCUT2D eigenvalue weighted by molar-refractivity contribution is -0.156. The minimum absolute atomic E-state index is 0.0852. The van der Waals surface area contributed by atoms with Crippen LogP contribution in [0.2, 0.25) is 5.02 Å². The molecular weight excluding hydrogens is 445 g/mol. The lowest BCUT2D eigenvalue weighted by Gasteiger charge is -2.32. The molecule has 4 heterocycles. The molecule has 7 nitrogen and oxygen atoms in total. The molecule has 2 fully saturated rings. The number of rotatable bonds is 4. The Bertz CT molecular complexity index is 1150. The van der Waals surface area contributed by atoms with Gasteiger partial charge < -0.3 is 25.0 Å². The molecule has 0 spiro atoms. The number of halogens is 2. The lowest BCUT2D eigenvalue weighted by Crippen LogP contribution is -2.48. The second kappa shape index (κ2) is 7.61. The maximum Gasteiger partial charge on any atom is 0.223 e. The van der Waals surface area contributed by atoms with Gasteiger partial charge in [0.2, 0.25) is 5.95 Å². The minimum atomic E-state index is -1.06. The molecule has 5 rings (SSSR count). The summed E-state index contributed by atoms with van der Waals surface area (Å²) in [6.45, 7) is 3.77. The number of nitrogens with one attached hydrogen (secondary N) is 1. The average Bonchev–Trinajstić information content (AvgIpc) is 3.32. The van der Waals surface area contributed by atoms with E-state index >= 15 is 0 Å². The quantitative estimate of drug-likeness (QED) is 0.541. The Hall–Kier alpha value is -1.88. The predicted molar refractivity (Wildman–Crippen MR) is 116 cm³/mol. The first-order valence-electron chi connectivity index (χ1n) is 9.89. The molecular formula is C21H21ClFN3O4S. The summed E-state index contributed by atoms with van der Waals surface area (Å²) in [5, 5.41) is 24.5. The number of thiophene rings is 1. The summed E-state index contributed by atoms with van der Waals surface area (Å²) in [7, 11) is 0. The number of fused-ring (bicyclic) bond motifs is 3. The molecule has 3 aromatic rings. The summed E-state index contributed by atoms with van der Waals surface area (Å²) >= 11 is 7.66. The molecule has 2 aliphatic heterocycles. The van der Waals surface area contributed by atoms with E-state index in [1.807, 2.05) is 0 Å². The highest BCUT2D eigenvalue weighted by Crippen LogP contribution is 2.38. The number of ether oxygens (including phenoxy) is 2. The van der Waals surface area contributed by atoms with Gasteiger partial charge in [-0.2, -0.15) is 0 Å². The van der Waals surface area contributed by atoms with Crippen LogP contribution < -0.4 is 5.32 Å². The van der Waals surface area contributed by atoms with E-state index in [1.54, 1.807) is 26.0 Å². The molecule has 10 heteroatoms. The largest absolute Gasteiger partial charge is 0.386 e. The Morgan fingerprint density at radius 3 is 2.90 bits per heavy atom. The van der Waals surface area contributed by atoms with Crippen molar-refractivity contribution in [1.82, 2.24) is 9.97 Å². The van der Waals surface area contributed by atoms with Crippen LogP contribution >= 0.6 is 22.9 Å². The molecule has 0 saturated carbocycles. The molecule has 0 radical (unpaired) electrons. The van der Waals surface area contributed by atoms with Gasteiger partial charge in [-0.25, -0.2) is 14.4 Å². The van der Waals surface area contributed by atoms with Gasteiger partial charge >= 0.3 is 0 Å². The number of benzene rings is 1. The van der Waals surface area contributed by atoms with Crippen LogP contribution in [0.3, 0.4) is 0 Å². The number of aromatic nitrogens is 2. The van der Waals surface area contributed by atoms with Gasteiger partial charge in [0.15, 0.2) is 6.29 Å². The molecule has 1 aromatic carbocycles. The highest BCUT2D eigenvalue weighted by Gasteiger charge is 2.43. The van der Waals surface area contributed by atoms with E-state index in [1.165, 1.54) is 23.6 Å². The van der Waals surface area contributed by atoms with Crippen molar-refractivity contribution in [2.45, 2.75) is 50.4 Å². The molecule has 2 aliphatic rings. The number of hydrogen-bond donors (Lipinski definition) is 3. The second-order valence-corrected chi connectivity index (χ2v) is 9.86. The van der Waals surface area contributed by atoms with Crippen LogP contribution in [0.4, 0.5) is 10.3 Å². The fraction of sp³-hybridized carbons (Fsp3) is 0.429. The molecule has 164 valence electrons. The fourth-order valence-electron chi connectivity index (χ4n) is 3.87. The number of hydrogen-bond acceptors (Lipinski definition) is 8. The van der Waals surface area contributed by atoms with Crippen molar-refractivity contribution in [2.75, 3.05) is 11.9 Å². The van der Waals surface area contributed by atoms with Gasteiger partial charge in [-0.3, -0.25) is 0 Å². The van der Waals surface area contributed by atoms with E-state index in [-0.39, 0.29) is 23.1 Å². The van der Waals surface area contributed by atoms with Crippen molar-refractivity contribution >= 4 is 39.0 Å². The first-order chi connectivity index (χ1) is 14.7. The van der Waals surface area contributed by atoms with Crippen LogP contribution in [-0.4, -0.2) is 51.3 Å². The Morgan fingerprint density at radius 1 is 1.32 bits per heavy atom. The van der Waals surface area contributed by atoms with Crippen LogP contribution in [0.1, 0.15) is 25.1 Å². The maximum atomic E-state index is 14.8. The molecule has 2 aromatic heterocycles. The van der Waals surface area contributed by atoms with Crippen molar-refractivity contribution in [3.05, 3.63) is 40.1 Å². The van der Waals surface area contributed by atoms with Gasteiger partial charge in [-0.15, -0.1) is 11.3 Å². The summed E-state index contributed by atoms with van der Waals surface area (Å²) in [4.78, 5) is 9.37. The Morgan fingerprint density at radius 2 is 2.13 bits per heavy atom. The first kappa shape index (κ1) is 21.0. The van der Waals surface area contributed by atoms with Gasteiger partial charge in [0.25, 0.3) is 0 Å². The first-order valence-corrected chi connectivity index (χ1v) is 11.1. The highest BCUT2D eigenvalue weighted by atomic mass is 35.5. The van der Waals surface area contributed by atoms with Crippen LogP contribution in [0.5, 0.6) is 0 Å². The normalized spacial score (nSPS) is 25.9. The zero-order chi connectivity index (χ0) is 21.9. The van der Waals surface area contributed by atoms with Crippen molar-refractivity contribution in [1.29, 1.82) is 0 Å². The molecule has 0 unspecified atom stereocenters. The third-order valence-corrected chi connectivity index (χ3v) is 7.17. The predicted octanol–water partition coefficient (Wildman–Crippen LogP) is 3.66. The van der Waals surface area contributed by atoms with Crippen LogP contribution in [0.25, 0.3) is 21.3 Å². The summed E-state index contributed by atoms with van der Waals surface area (Å²) in [5.41, 5.74) is -0.187. The molecule has 2 saturated heterocycles. The summed E-state index contributed by atoms with van der Waals surface area (Å²) in [5.74, 6) is -0.148. The second-order valence-electron chi connectivity index (χ2n) is 8.37. The smallest absolute Gasteiger partial charge is 0.223 e. The van der Waals surface area contributed by atoms with Crippen LogP contribution in [-0.2, 0) is 15.1 Å². The highest BCUT2D eigenvalue weighted by molar-refractivity contribution is 7.19. The number of aliphatic hydroxyl groups is 2. The van der Waals surface area contributed by atoms with Gasteiger partial charge in [0.05, 0.1) is 41.3 Å². The molecule has 0 aliphatic carbocycles. The monoisotopic (exact) mass is 465 g/mol. The molecule has 3 N–H and O–H groups in total. The molecule has 2 bridgehead atoms. The molecule has 31 heavy (non-hydrogen) atoms. The van der Waals surface area contributed by atoms with Gasteiger partial charge in [-0.1, -0.05) is 11.6 Å². The van der Waals surface area contributed by atoms with E-state index < -0.39 is 23.8 Å². The van der Waals surface area contributed by atoms with Crippen LogP contribution in [0, 0.1) is 5.82 Å². The van der Waals surface area contributed by atoms with E-state index in [0.717, 1.165) is 0 Å². The SMILES string of the molecule is CC(C)(O)c1cc2c(F)cc(-c3nc(N[C@@H]4C[C@H]5CO[C@H](O5)[C@H]4O)ncc3Cl)cc2s1. The van der Waals surface area contributed by atoms with Gasteiger partial charge in [0, 0.05) is 20.5 Å². The van der Waals surface area contributed by atoms with Crippen LogP contribution in [0.15, 0.2) is 24.4 Å². The Kier molecular flexibility index (Phi) is 5.16. The van der Waals surface area contributed by atoms with Crippen molar-refractivity contribution in [2.24, 2.45) is 0 Å². The Balaban J connectivity index is 1.48. The van der Waals surface area contributed by atoms with Crippen molar-refractivity contribution in [3.63, 3.8) is 0 Å². The van der Waals surface area contributed by atoms with E-state index in [2.05, 4.69) is 15.3 Å². The average molecular weight is 466 g/mol. The van der Waals surface area contributed by atoms with E-state index in [4.69, 9.17) is 21.1 Å².